The first-order valence-electron chi connectivity index (χ1n) is 8.44. The Morgan fingerprint density at radius 1 is 0.708 bits per heavy atom. The number of aliphatic hydroxyl groups is 1. The molecule has 0 amide bonds. The van der Waals surface area contributed by atoms with Crippen LogP contribution in [0.3, 0.4) is 0 Å². The Labute approximate surface area is 142 Å². The van der Waals surface area contributed by atoms with E-state index in [1.54, 1.807) is 0 Å². The molecule has 0 aliphatic heterocycles. The van der Waals surface area contributed by atoms with E-state index in [9.17, 15) is 5.11 Å². The minimum atomic E-state index is 0.177. The fourth-order valence-electron chi connectivity index (χ4n) is 3.62. The summed E-state index contributed by atoms with van der Waals surface area (Å²) in [7, 11) is 0. The van der Waals surface area contributed by atoms with Gasteiger partial charge in [0.2, 0.25) is 0 Å². The lowest BCUT2D eigenvalue weighted by Crippen LogP contribution is -1.98. The molecular weight excluding hydrogens is 292 g/mol. The van der Waals surface area contributed by atoms with Gasteiger partial charge in [-0.15, -0.1) is 0 Å². The van der Waals surface area contributed by atoms with E-state index in [-0.39, 0.29) is 6.61 Å². The maximum Gasteiger partial charge on any atom is 0.0471 e. The second-order valence-corrected chi connectivity index (χ2v) is 6.23. The zero-order valence-corrected chi connectivity index (χ0v) is 13.6. The standard InChI is InChI=1S/C23H20O/c24-14-13-18-10-6-11-20-16-19-9-4-5-12-21(19)22(23(18)20)15-17-7-2-1-3-8-17/h1-12,16,24H,13-15H2. The van der Waals surface area contributed by atoms with Crippen LogP contribution in [0.1, 0.15) is 16.7 Å². The van der Waals surface area contributed by atoms with Crippen molar-refractivity contribution < 1.29 is 5.11 Å². The molecule has 4 rings (SSSR count). The van der Waals surface area contributed by atoms with Crippen LogP contribution in [-0.2, 0) is 12.8 Å². The largest absolute Gasteiger partial charge is 0.396 e. The van der Waals surface area contributed by atoms with Crippen molar-refractivity contribution in [1.82, 2.24) is 0 Å². The number of rotatable bonds is 4. The van der Waals surface area contributed by atoms with E-state index >= 15 is 0 Å². The van der Waals surface area contributed by atoms with E-state index in [4.69, 9.17) is 0 Å². The van der Waals surface area contributed by atoms with Crippen LogP contribution in [0, 0.1) is 0 Å². The van der Waals surface area contributed by atoms with Crippen molar-refractivity contribution in [2.24, 2.45) is 0 Å². The SMILES string of the molecule is OCCc1cccc2cc3ccccc3c(Cc3ccccc3)c12. The average Bonchev–Trinajstić information content (AvgIpc) is 2.63. The van der Waals surface area contributed by atoms with Crippen LogP contribution in [0.2, 0.25) is 0 Å². The van der Waals surface area contributed by atoms with Crippen molar-refractivity contribution in [3.05, 3.63) is 95.6 Å². The summed E-state index contributed by atoms with van der Waals surface area (Å²) in [5, 5.41) is 14.6. The number of aliphatic hydroxyl groups excluding tert-OH is 1. The van der Waals surface area contributed by atoms with Crippen LogP contribution in [0.4, 0.5) is 0 Å². The minimum absolute atomic E-state index is 0.177. The lowest BCUT2D eigenvalue weighted by atomic mass is 9.89. The van der Waals surface area contributed by atoms with Crippen molar-refractivity contribution in [1.29, 1.82) is 0 Å². The molecule has 0 bridgehead atoms. The number of hydrogen-bond acceptors (Lipinski definition) is 1. The van der Waals surface area contributed by atoms with Crippen LogP contribution in [0.25, 0.3) is 21.5 Å². The highest BCUT2D eigenvalue weighted by Crippen LogP contribution is 2.32. The summed E-state index contributed by atoms with van der Waals surface area (Å²) in [6, 6.07) is 27.9. The molecule has 0 saturated carbocycles. The fourth-order valence-corrected chi connectivity index (χ4v) is 3.62. The second kappa shape index (κ2) is 6.46. The van der Waals surface area contributed by atoms with Crippen molar-refractivity contribution in [3.8, 4) is 0 Å². The van der Waals surface area contributed by atoms with Crippen molar-refractivity contribution in [3.63, 3.8) is 0 Å². The summed E-state index contributed by atoms with van der Waals surface area (Å²) in [6.07, 6.45) is 1.60. The third-order valence-electron chi connectivity index (χ3n) is 4.69. The van der Waals surface area contributed by atoms with Gasteiger partial charge in [0.05, 0.1) is 0 Å². The summed E-state index contributed by atoms with van der Waals surface area (Å²) < 4.78 is 0. The Hall–Kier alpha value is -2.64. The van der Waals surface area contributed by atoms with Gasteiger partial charge in [-0.2, -0.15) is 0 Å². The third-order valence-corrected chi connectivity index (χ3v) is 4.69. The quantitative estimate of drug-likeness (QED) is 0.519. The van der Waals surface area contributed by atoms with Crippen LogP contribution >= 0.6 is 0 Å². The molecule has 0 heterocycles. The van der Waals surface area contributed by atoms with Gasteiger partial charge in [-0.05, 0) is 57.1 Å². The molecular formula is C23H20O. The third kappa shape index (κ3) is 2.68. The van der Waals surface area contributed by atoms with Gasteiger partial charge >= 0.3 is 0 Å². The first-order chi connectivity index (χ1) is 11.9. The van der Waals surface area contributed by atoms with E-state index in [1.165, 1.54) is 38.2 Å². The molecule has 0 saturated heterocycles. The fraction of sp³-hybridized carbons (Fsp3) is 0.130. The predicted molar refractivity (Wildman–Crippen MR) is 101 cm³/mol. The van der Waals surface area contributed by atoms with Crippen LogP contribution in [-0.4, -0.2) is 11.7 Å². The lowest BCUT2D eigenvalue weighted by Gasteiger charge is -2.15. The molecule has 1 N–H and O–H groups in total. The average molecular weight is 312 g/mol. The van der Waals surface area contributed by atoms with Gasteiger partial charge in [0.25, 0.3) is 0 Å². The second-order valence-electron chi connectivity index (χ2n) is 6.23. The maximum absolute atomic E-state index is 9.47. The summed E-state index contributed by atoms with van der Waals surface area (Å²) >= 11 is 0. The molecule has 4 aromatic carbocycles. The van der Waals surface area contributed by atoms with Gasteiger partial charge in [-0.1, -0.05) is 72.8 Å². The minimum Gasteiger partial charge on any atom is -0.396 e. The van der Waals surface area contributed by atoms with Gasteiger partial charge < -0.3 is 5.11 Å². The van der Waals surface area contributed by atoms with Gasteiger partial charge in [0, 0.05) is 6.61 Å². The lowest BCUT2D eigenvalue weighted by molar-refractivity contribution is 0.300. The molecule has 118 valence electrons. The summed E-state index contributed by atoms with van der Waals surface area (Å²) in [5.74, 6) is 0. The summed E-state index contributed by atoms with van der Waals surface area (Å²) in [6.45, 7) is 0.177. The Morgan fingerprint density at radius 2 is 1.46 bits per heavy atom. The number of fused-ring (bicyclic) bond motifs is 2. The Morgan fingerprint density at radius 3 is 2.29 bits per heavy atom. The normalized spacial score (nSPS) is 11.2. The molecule has 0 aliphatic carbocycles. The van der Waals surface area contributed by atoms with E-state index in [0.717, 1.165) is 6.42 Å². The highest BCUT2D eigenvalue weighted by atomic mass is 16.2. The topological polar surface area (TPSA) is 20.2 Å². The maximum atomic E-state index is 9.47. The Balaban J connectivity index is 2.04. The van der Waals surface area contributed by atoms with E-state index < -0.39 is 0 Å². The molecule has 0 radical (unpaired) electrons. The molecule has 1 heteroatoms. The predicted octanol–water partition coefficient (Wildman–Crippen LogP) is 5.12. The van der Waals surface area contributed by atoms with E-state index in [2.05, 4.69) is 78.9 Å². The molecule has 0 spiro atoms. The molecule has 4 aromatic rings. The molecule has 24 heavy (non-hydrogen) atoms. The monoisotopic (exact) mass is 312 g/mol. The van der Waals surface area contributed by atoms with Gasteiger partial charge in [-0.3, -0.25) is 0 Å². The zero-order chi connectivity index (χ0) is 16.4. The van der Waals surface area contributed by atoms with Crippen LogP contribution in [0.15, 0.2) is 78.9 Å². The number of hydrogen-bond donors (Lipinski definition) is 1. The van der Waals surface area contributed by atoms with Crippen LogP contribution < -0.4 is 0 Å². The molecule has 0 aromatic heterocycles. The highest BCUT2D eigenvalue weighted by molar-refractivity contribution is 6.03. The van der Waals surface area contributed by atoms with Crippen LogP contribution in [0.5, 0.6) is 0 Å². The van der Waals surface area contributed by atoms with Gasteiger partial charge in [-0.25, -0.2) is 0 Å². The highest BCUT2D eigenvalue weighted by Gasteiger charge is 2.11. The molecule has 0 aliphatic rings. The van der Waals surface area contributed by atoms with E-state index in [0.29, 0.717) is 6.42 Å². The smallest absolute Gasteiger partial charge is 0.0471 e. The summed E-state index contributed by atoms with van der Waals surface area (Å²) in [5.41, 5.74) is 3.90. The summed E-state index contributed by atoms with van der Waals surface area (Å²) in [4.78, 5) is 0. The first kappa shape index (κ1) is 14.9. The van der Waals surface area contributed by atoms with Gasteiger partial charge in [0.15, 0.2) is 0 Å². The Kier molecular flexibility index (Phi) is 4.02. The number of benzene rings is 4. The van der Waals surface area contributed by atoms with Crippen molar-refractivity contribution in [2.75, 3.05) is 6.61 Å². The molecule has 1 nitrogen and oxygen atoms in total. The zero-order valence-electron chi connectivity index (χ0n) is 13.6. The van der Waals surface area contributed by atoms with E-state index in [1.807, 2.05) is 0 Å². The van der Waals surface area contributed by atoms with Crippen molar-refractivity contribution >= 4 is 21.5 Å². The Bertz CT molecular complexity index is 987. The molecule has 0 unspecified atom stereocenters. The molecule has 0 fully saturated rings. The first-order valence-corrected chi connectivity index (χ1v) is 8.44. The van der Waals surface area contributed by atoms with Crippen molar-refractivity contribution in [2.45, 2.75) is 12.8 Å². The van der Waals surface area contributed by atoms with Gasteiger partial charge in [0.1, 0.15) is 0 Å². The molecule has 0 atom stereocenters.